The monoisotopic (exact) mass is 217 g/mol. The molecule has 0 unspecified atom stereocenters. The summed E-state index contributed by atoms with van der Waals surface area (Å²) in [4.78, 5) is 1.81. The quantitative estimate of drug-likeness (QED) is 0.725. The summed E-state index contributed by atoms with van der Waals surface area (Å²) in [5.74, 6) is -0.338. The molecule has 0 atom stereocenters. The van der Waals surface area contributed by atoms with E-state index in [4.69, 9.17) is 10.5 Å². The van der Waals surface area contributed by atoms with E-state index in [0.717, 1.165) is 0 Å². The molecule has 16 heavy (non-hydrogen) atoms. The lowest BCUT2D eigenvalue weighted by atomic mass is 10.1. The van der Waals surface area contributed by atoms with Crippen molar-refractivity contribution in [2.75, 3.05) is 13.1 Å². The van der Waals surface area contributed by atoms with Crippen molar-refractivity contribution < 1.29 is 4.39 Å². The Balaban J connectivity index is 2.87. The maximum absolute atomic E-state index is 13.4. The Morgan fingerprint density at radius 1 is 1.38 bits per heavy atom. The zero-order valence-electron chi connectivity index (χ0n) is 9.07. The van der Waals surface area contributed by atoms with Crippen molar-refractivity contribution in [1.29, 1.82) is 10.5 Å². The Kier molecular flexibility index (Phi) is 4.44. The third-order valence-electron chi connectivity index (χ3n) is 2.31. The van der Waals surface area contributed by atoms with Crippen molar-refractivity contribution in [2.45, 2.75) is 13.5 Å². The van der Waals surface area contributed by atoms with Crippen molar-refractivity contribution in [3.8, 4) is 12.1 Å². The Hall–Kier alpha value is -1.91. The molecule has 0 N–H and O–H groups in total. The highest BCUT2D eigenvalue weighted by Gasteiger charge is 2.08. The second-order valence-electron chi connectivity index (χ2n) is 3.38. The van der Waals surface area contributed by atoms with Crippen molar-refractivity contribution in [3.63, 3.8) is 0 Å². The molecular weight excluding hydrogens is 205 g/mol. The third kappa shape index (κ3) is 3.05. The summed E-state index contributed by atoms with van der Waals surface area (Å²) >= 11 is 0. The predicted molar refractivity (Wildman–Crippen MR) is 57.7 cm³/mol. The lowest BCUT2D eigenvalue weighted by molar-refractivity contribution is 0.309. The van der Waals surface area contributed by atoms with Crippen molar-refractivity contribution >= 4 is 0 Å². The Morgan fingerprint density at radius 3 is 2.69 bits per heavy atom. The van der Waals surface area contributed by atoms with Gasteiger partial charge < -0.3 is 0 Å². The SMILES string of the molecule is CCN(CC#N)Cc1cc(C#N)ccc1F. The Morgan fingerprint density at radius 2 is 2.12 bits per heavy atom. The van der Waals surface area contributed by atoms with E-state index in [9.17, 15) is 4.39 Å². The van der Waals surface area contributed by atoms with Gasteiger partial charge in [0.15, 0.2) is 0 Å². The average Bonchev–Trinajstić information content (AvgIpc) is 2.31. The highest BCUT2D eigenvalue weighted by molar-refractivity contribution is 5.33. The van der Waals surface area contributed by atoms with Gasteiger partial charge in [-0.25, -0.2) is 4.39 Å². The van der Waals surface area contributed by atoms with E-state index in [1.807, 2.05) is 19.1 Å². The second-order valence-corrected chi connectivity index (χ2v) is 3.38. The largest absolute Gasteiger partial charge is 0.286 e. The van der Waals surface area contributed by atoms with Gasteiger partial charge in [0.05, 0.1) is 24.2 Å². The molecule has 1 aromatic carbocycles. The van der Waals surface area contributed by atoms with Gasteiger partial charge in [0.2, 0.25) is 0 Å². The van der Waals surface area contributed by atoms with Gasteiger partial charge in [0.25, 0.3) is 0 Å². The van der Waals surface area contributed by atoms with Gasteiger partial charge in [0.1, 0.15) is 5.82 Å². The standard InChI is InChI=1S/C12H12FN3/c1-2-16(6-5-14)9-11-7-10(8-15)3-4-12(11)13/h3-4,7H,2,6,9H2,1H3. The molecule has 1 aromatic rings. The molecule has 3 nitrogen and oxygen atoms in total. The number of nitriles is 2. The fourth-order valence-corrected chi connectivity index (χ4v) is 1.39. The molecular formula is C12H12FN3. The topological polar surface area (TPSA) is 50.8 Å². The molecule has 0 aromatic heterocycles. The van der Waals surface area contributed by atoms with Gasteiger partial charge in [-0.05, 0) is 24.7 Å². The minimum absolute atomic E-state index is 0.257. The molecule has 0 amide bonds. The maximum Gasteiger partial charge on any atom is 0.127 e. The van der Waals surface area contributed by atoms with Gasteiger partial charge in [-0.1, -0.05) is 6.92 Å². The average molecular weight is 217 g/mol. The second kappa shape index (κ2) is 5.85. The highest BCUT2D eigenvalue weighted by atomic mass is 19.1. The highest BCUT2D eigenvalue weighted by Crippen LogP contribution is 2.12. The predicted octanol–water partition coefficient (Wildman–Crippen LogP) is 2.04. The van der Waals surface area contributed by atoms with Crippen LogP contribution in [0.5, 0.6) is 0 Å². The molecule has 0 aliphatic heterocycles. The van der Waals surface area contributed by atoms with Gasteiger partial charge in [-0.2, -0.15) is 10.5 Å². The summed E-state index contributed by atoms with van der Waals surface area (Å²) in [6.07, 6.45) is 0. The number of benzene rings is 1. The number of hydrogen-bond acceptors (Lipinski definition) is 3. The Bertz CT molecular complexity index is 443. The Labute approximate surface area is 94.3 Å². The van der Waals surface area contributed by atoms with Crippen LogP contribution in [0.25, 0.3) is 0 Å². The van der Waals surface area contributed by atoms with Crippen molar-refractivity contribution in [3.05, 3.63) is 35.1 Å². The zero-order valence-corrected chi connectivity index (χ0v) is 9.07. The van der Waals surface area contributed by atoms with E-state index < -0.39 is 0 Å². The normalized spacial score (nSPS) is 9.81. The van der Waals surface area contributed by atoms with E-state index in [-0.39, 0.29) is 12.4 Å². The van der Waals surface area contributed by atoms with E-state index in [0.29, 0.717) is 24.2 Å². The molecule has 0 radical (unpaired) electrons. The van der Waals surface area contributed by atoms with E-state index >= 15 is 0 Å². The van der Waals surface area contributed by atoms with Crippen molar-refractivity contribution in [1.82, 2.24) is 4.90 Å². The molecule has 1 rings (SSSR count). The fourth-order valence-electron chi connectivity index (χ4n) is 1.39. The molecule has 0 saturated carbocycles. The molecule has 0 heterocycles. The summed E-state index contributed by atoms with van der Waals surface area (Å²) in [5, 5.41) is 17.3. The number of rotatable bonds is 4. The van der Waals surface area contributed by atoms with Gasteiger partial charge in [-0.15, -0.1) is 0 Å². The van der Waals surface area contributed by atoms with Crippen LogP contribution in [-0.2, 0) is 6.54 Å². The van der Waals surface area contributed by atoms with Crippen LogP contribution >= 0.6 is 0 Å². The van der Waals surface area contributed by atoms with Gasteiger partial charge in [0, 0.05) is 12.1 Å². The lowest BCUT2D eigenvalue weighted by Gasteiger charge is -2.16. The third-order valence-corrected chi connectivity index (χ3v) is 2.31. The molecule has 0 aliphatic carbocycles. The van der Waals surface area contributed by atoms with Crippen molar-refractivity contribution in [2.24, 2.45) is 0 Å². The molecule has 0 fully saturated rings. The zero-order chi connectivity index (χ0) is 12.0. The molecule has 0 spiro atoms. The molecule has 82 valence electrons. The first kappa shape index (κ1) is 12.2. The van der Waals surface area contributed by atoms with Crippen LogP contribution in [-0.4, -0.2) is 18.0 Å². The van der Waals surface area contributed by atoms with Crippen LogP contribution in [0.2, 0.25) is 0 Å². The van der Waals surface area contributed by atoms with Crippen LogP contribution in [0, 0.1) is 28.5 Å². The lowest BCUT2D eigenvalue weighted by Crippen LogP contribution is -2.23. The van der Waals surface area contributed by atoms with E-state index in [1.165, 1.54) is 18.2 Å². The first-order valence-electron chi connectivity index (χ1n) is 4.99. The first-order valence-corrected chi connectivity index (χ1v) is 4.99. The molecule has 0 aliphatic rings. The van der Waals surface area contributed by atoms with E-state index in [2.05, 4.69) is 0 Å². The number of nitrogens with zero attached hydrogens (tertiary/aromatic N) is 3. The van der Waals surface area contributed by atoms with Crippen LogP contribution in [0.3, 0.4) is 0 Å². The van der Waals surface area contributed by atoms with Gasteiger partial charge >= 0.3 is 0 Å². The number of hydrogen-bond donors (Lipinski definition) is 0. The first-order chi connectivity index (χ1) is 7.71. The minimum atomic E-state index is -0.338. The van der Waals surface area contributed by atoms with Gasteiger partial charge in [-0.3, -0.25) is 4.90 Å². The molecule has 0 saturated heterocycles. The molecule has 0 bridgehead atoms. The van der Waals surface area contributed by atoms with E-state index in [1.54, 1.807) is 4.90 Å². The van der Waals surface area contributed by atoms with Crippen LogP contribution in [0.15, 0.2) is 18.2 Å². The smallest absolute Gasteiger partial charge is 0.127 e. The summed E-state index contributed by atoms with van der Waals surface area (Å²) in [7, 11) is 0. The minimum Gasteiger partial charge on any atom is -0.286 e. The van der Waals surface area contributed by atoms with Crippen LogP contribution in [0.4, 0.5) is 4.39 Å². The maximum atomic E-state index is 13.4. The fraction of sp³-hybridized carbons (Fsp3) is 0.333. The summed E-state index contributed by atoms with van der Waals surface area (Å²) in [6, 6.07) is 8.25. The summed E-state index contributed by atoms with van der Waals surface area (Å²) < 4.78 is 13.4. The number of halogens is 1. The van der Waals surface area contributed by atoms with Crippen LogP contribution < -0.4 is 0 Å². The van der Waals surface area contributed by atoms with Crippen LogP contribution in [0.1, 0.15) is 18.1 Å². The summed E-state index contributed by atoms with van der Waals surface area (Å²) in [5.41, 5.74) is 0.889. The molecule has 4 heteroatoms. The summed E-state index contributed by atoms with van der Waals surface area (Å²) in [6.45, 7) is 3.19.